The highest BCUT2D eigenvalue weighted by atomic mass is 15.2. The van der Waals surface area contributed by atoms with Crippen LogP contribution in [0.5, 0.6) is 0 Å². The lowest BCUT2D eigenvalue weighted by atomic mass is 9.86. The molecule has 1 aromatic carbocycles. The minimum Gasteiger partial charge on any atom is -0.323 e. The molecule has 0 atom stereocenters. The average molecular weight is 255 g/mol. The van der Waals surface area contributed by atoms with Crippen LogP contribution >= 0.6 is 0 Å². The normalized spacial score (nSPS) is 18.4. The summed E-state index contributed by atoms with van der Waals surface area (Å²) in [7, 11) is 0. The van der Waals surface area contributed by atoms with Crippen LogP contribution in [0.1, 0.15) is 25.3 Å². The van der Waals surface area contributed by atoms with Crippen molar-refractivity contribution < 1.29 is 0 Å². The zero-order chi connectivity index (χ0) is 13.3. The molecule has 2 heterocycles. The molecule has 0 aliphatic carbocycles. The Labute approximate surface area is 114 Å². The van der Waals surface area contributed by atoms with E-state index in [1.165, 1.54) is 17.4 Å². The van der Waals surface area contributed by atoms with Gasteiger partial charge in [0.05, 0.1) is 5.52 Å². The van der Waals surface area contributed by atoms with E-state index in [1.807, 2.05) is 12.3 Å². The minimum absolute atomic E-state index is 0.0484. The van der Waals surface area contributed by atoms with E-state index in [1.54, 1.807) is 0 Å². The van der Waals surface area contributed by atoms with Gasteiger partial charge >= 0.3 is 0 Å². The molecule has 0 bridgehead atoms. The topological polar surface area (TPSA) is 42.1 Å². The van der Waals surface area contributed by atoms with Crippen LogP contribution in [0, 0.1) is 0 Å². The molecule has 3 heteroatoms. The van der Waals surface area contributed by atoms with Crippen molar-refractivity contribution in [3.63, 3.8) is 0 Å². The Morgan fingerprint density at radius 1 is 1.26 bits per heavy atom. The number of para-hydroxylation sites is 1. The van der Waals surface area contributed by atoms with Crippen LogP contribution in [0.4, 0.5) is 0 Å². The number of fused-ring (bicyclic) bond motifs is 1. The van der Waals surface area contributed by atoms with E-state index in [-0.39, 0.29) is 5.54 Å². The average Bonchev–Trinajstić information content (AvgIpc) is 2.38. The third-order valence-corrected chi connectivity index (χ3v) is 3.94. The van der Waals surface area contributed by atoms with E-state index >= 15 is 0 Å². The molecule has 1 saturated heterocycles. The fourth-order valence-corrected chi connectivity index (χ4v) is 3.15. The summed E-state index contributed by atoms with van der Waals surface area (Å²) in [5.74, 6) is 0. The molecule has 1 aliphatic heterocycles. The molecular weight excluding hydrogens is 234 g/mol. The zero-order valence-electron chi connectivity index (χ0n) is 11.5. The summed E-state index contributed by atoms with van der Waals surface area (Å²) >= 11 is 0. The number of rotatable bonds is 4. The van der Waals surface area contributed by atoms with Crippen molar-refractivity contribution in [1.82, 2.24) is 9.88 Å². The van der Waals surface area contributed by atoms with Crippen molar-refractivity contribution >= 4 is 10.9 Å². The first-order chi connectivity index (χ1) is 9.20. The maximum absolute atomic E-state index is 6.31. The van der Waals surface area contributed by atoms with Gasteiger partial charge in [-0.25, -0.2) is 0 Å². The molecule has 3 nitrogen and oxygen atoms in total. The van der Waals surface area contributed by atoms with E-state index in [4.69, 9.17) is 5.73 Å². The van der Waals surface area contributed by atoms with Gasteiger partial charge < -0.3 is 5.73 Å². The van der Waals surface area contributed by atoms with Gasteiger partial charge in [-0.1, -0.05) is 37.6 Å². The summed E-state index contributed by atoms with van der Waals surface area (Å²) in [6.45, 7) is 5.16. The standard InChI is InChI=1S/C16H21N3/c1-2-8-16(17)11-19(12-16)10-14-6-3-5-13-7-4-9-18-15(13)14/h3-7,9H,2,8,10-12,17H2,1H3. The molecule has 0 radical (unpaired) electrons. The summed E-state index contributed by atoms with van der Waals surface area (Å²) in [5.41, 5.74) is 8.78. The third kappa shape index (κ3) is 2.48. The quantitative estimate of drug-likeness (QED) is 0.913. The van der Waals surface area contributed by atoms with Crippen molar-refractivity contribution in [3.05, 3.63) is 42.1 Å². The van der Waals surface area contributed by atoms with Crippen LogP contribution in [0.25, 0.3) is 10.9 Å². The van der Waals surface area contributed by atoms with E-state index in [0.717, 1.165) is 31.6 Å². The second-order valence-corrected chi connectivity index (χ2v) is 5.75. The lowest BCUT2D eigenvalue weighted by Gasteiger charge is -2.48. The fourth-order valence-electron chi connectivity index (χ4n) is 3.15. The first kappa shape index (κ1) is 12.6. The Balaban J connectivity index is 1.74. The number of hydrogen-bond acceptors (Lipinski definition) is 3. The molecule has 100 valence electrons. The maximum Gasteiger partial charge on any atom is 0.0746 e. The van der Waals surface area contributed by atoms with E-state index < -0.39 is 0 Å². The van der Waals surface area contributed by atoms with Gasteiger partial charge in [-0.3, -0.25) is 9.88 Å². The highest BCUT2D eigenvalue weighted by Crippen LogP contribution is 2.26. The highest BCUT2D eigenvalue weighted by Gasteiger charge is 2.38. The Hall–Kier alpha value is -1.45. The van der Waals surface area contributed by atoms with Gasteiger partial charge in [0.2, 0.25) is 0 Å². The maximum atomic E-state index is 6.31. The minimum atomic E-state index is 0.0484. The Morgan fingerprint density at radius 2 is 2.05 bits per heavy atom. The number of nitrogens with two attached hydrogens (primary N) is 1. The van der Waals surface area contributed by atoms with Crippen molar-refractivity contribution in [2.45, 2.75) is 31.8 Å². The van der Waals surface area contributed by atoms with Crippen LogP contribution in [0.3, 0.4) is 0 Å². The molecule has 19 heavy (non-hydrogen) atoms. The molecule has 0 spiro atoms. The number of pyridine rings is 1. The van der Waals surface area contributed by atoms with Gasteiger partial charge in [-0.05, 0) is 18.1 Å². The first-order valence-corrected chi connectivity index (χ1v) is 7.04. The van der Waals surface area contributed by atoms with Crippen molar-refractivity contribution in [2.24, 2.45) is 5.73 Å². The third-order valence-electron chi connectivity index (χ3n) is 3.94. The SMILES string of the molecule is CCCC1(N)CN(Cc2cccc3cccnc23)C1. The summed E-state index contributed by atoms with van der Waals surface area (Å²) in [5, 5.41) is 1.22. The van der Waals surface area contributed by atoms with E-state index in [0.29, 0.717) is 0 Å². The summed E-state index contributed by atoms with van der Waals surface area (Å²) < 4.78 is 0. The molecule has 1 fully saturated rings. The zero-order valence-corrected chi connectivity index (χ0v) is 11.5. The largest absolute Gasteiger partial charge is 0.323 e. The first-order valence-electron chi connectivity index (χ1n) is 7.04. The van der Waals surface area contributed by atoms with Gasteiger partial charge in [0, 0.05) is 36.8 Å². The predicted molar refractivity (Wildman–Crippen MR) is 78.8 cm³/mol. The number of nitrogens with zero attached hydrogens (tertiary/aromatic N) is 2. The number of hydrogen-bond donors (Lipinski definition) is 1. The monoisotopic (exact) mass is 255 g/mol. The van der Waals surface area contributed by atoms with Gasteiger partial charge in [0.1, 0.15) is 0 Å². The van der Waals surface area contributed by atoms with Crippen LogP contribution in [0.2, 0.25) is 0 Å². The van der Waals surface area contributed by atoms with E-state index in [2.05, 4.69) is 41.1 Å². The smallest absolute Gasteiger partial charge is 0.0746 e. The molecule has 0 amide bonds. The van der Waals surface area contributed by atoms with Crippen LogP contribution in [-0.2, 0) is 6.54 Å². The Kier molecular flexibility index (Phi) is 3.25. The van der Waals surface area contributed by atoms with Crippen molar-refractivity contribution in [3.8, 4) is 0 Å². The van der Waals surface area contributed by atoms with Crippen molar-refractivity contribution in [2.75, 3.05) is 13.1 Å². The highest BCUT2D eigenvalue weighted by molar-refractivity contribution is 5.81. The second kappa shape index (κ2) is 4.91. The number of benzene rings is 1. The molecule has 1 aliphatic rings. The van der Waals surface area contributed by atoms with Gasteiger partial charge in [0.15, 0.2) is 0 Å². The molecular formula is C16H21N3. The predicted octanol–water partition coefficient (Wildman–Crippen LogP) is 2.55. The summed E-state index contributed by atoms with van der Waals surface area (Å²) in [4.78, 5) is 6.92. The van der Waals surface area contributed by atoms with Crippen LogP contribution in [0.15, 0.2) is 36.5 Å². The van der Waals surface area contributed by atoms with Crippen molar-refractivity contribution in [1.29, 1.82) is 0 Å². The number of aromatic nitrogens is 1. The molecule has 0 unspecified atom stereocenters. The van der Waals surface area contributed by atoms with E-state index in [9.17, 15) is 0 Å². The second-order valence-electron chi connectivity index (χ2n) is 5.75. The Bertz CT molecular complexity index is 568. The Morgan fingerprint density at radius 3 is 2.84 bits per heavy atom. The lowest BCUT2D eigenvalue weighted by Crippen LogP contribution is -2.66. The lowest BCUT2D eigenvalue weighted by molar-refractivity contribution is 0.0571. The molecule has 1 aromatic heterocycles. The van der Waals surface area contributed by atoms with Gasteiger partial charge in [-0.2, -0.15) is 0 Å². The fraction of sp³-hybridized carbons (Fsp3) is 0.438. The number of likely N-dealkylation sites (tertiary alicyclic amines) is 1. The van der Waals surface area contributed by atoms with Gasteiger partial charge in [0.25, 0.3) is 0 Å². The van der Waals surface area contributed by atoms with Crippen LogP contribution < -0.4 is 5.73 Å². The summed E-state index contributed by atoms with van der Waals surface area (Å²) in [6.07, 6.45) is 4.16. The molecule has 2 N–H and O–H groups in total. The molecule has 0 saturated carbocycles. The van der Waals surface area contributed by atoms with Crippen LogP contribution in [-0.4, -0.2) is 28.5 Å². The molecule has 2 aromatic rings. The summed E-state index contributed by atoms with van der Waals surface area (Å²) in [6, 6.07) is 10.5. The van der Waals surface area contributed by atoms with Gasteiger partial charge in [-0.15, -0.1) is 0 Å². The molecule has 3 rings (SSSR count).